The third-order valence-corrected chi connectivity index (χ3v) is 4.34. The van der Waals surface area contributed by atoms with Crippen molar-refractivity contribution in [2.75, 3.05) is 0 Å². The Kier molecular flexibility index (Phi) is 3.31. The highest BCUT2D eigenvalue weighted by molar-refractivity contribution is 9.10. The molecule has 0 saturated heterocycles. The third kappa shape index (κ3) is 2.55. The van der Waals surface area contributed by atoms with E-state index in [-0.39, 0.29) is 0 Å². The topological polar surface area (TPSA) is 0 Å². The molecule has 0 aliphatic carbocycles. The van der Waals surface area contributed by atoms with Gasteiger partial charge in [-0.15, -0.1) is 0 Å². The van der Waals surface area contributed by atoms with Crippen LogP contribution in [0.25, 0.3) is 10.8 Å². The van der Waals surface area contributed by atoms with Gasteiger partial charge in [0.25, 0.3) is 0 Å². The van der Waals surface area contributed by atoms with Crippen molar-refractivity contribution in [3.63, 3.8) is 0 Å². The van der Waals surface area contributed by atoms with E-state index in [1.165, 1.54) is 20.8 Å². The molecule has 1 atom stereocenters. The zero-order valence-corrected chi connectivity index (χ0v) is 12.5. The molecule has 0 aliphatic heterocycles. The van der Waals surface area contributed by atoms with Crippen LogP contribution in [0, 0.1) is 5.41 Å². The van der Waals surface area contributed by atoms with Crippen molar-refractivity contribution in [1.82, 2.24) is 0 Å². The zero-order chi connectivity index (χ0) is 12.6. The van der Waals surface area contributed by atoms with Crippen LogP contribution in [-0.2, 0) is 0 Å². The van der Waals surface area contributed by atoms with E-state index in [0.717, 1.165) is 0 Å². The van der Waals surface area contributed by atoms with Gasteiger partial charge in [-0.3, -0.25) is 0 Å². The van der Waals surface area contributed by atoms with Crippen LogP contribution in [0.5, 0.6) is 0 Å². The minimum absolute atomic E-state index is 0.301. The lowest BCUT2D eigenvalue weighted by molar-refractivity contribution is 0.340. The number of hydrogen-bond donors (Lipinski definition) is 0. The van der Waals surface area contributed by atoms with Crippen LogP contribution in [0.15, 0.2) is 40.9 Å². The van der Waals surface area contributed by atoms with Crippen LogP contribution < -0.4 is 0 Å². The van der Waals surface area contributed by atoms with Crippen LogP contribution in [0.3, 0.4) is 0 Å². The van der Waals surface area contributed by atoms with Crippen LogP contribution in [0.2, 0.25) is 0 Å². The first-order valence-electron chi connectivity index (χ1n) is 6.08. The van der Waals surface area contributed by atoms with E-state index in [9.17, 15) is 0 Å². The fourth-order valence-corrected chi connectivity index (χ4v) is 2.52. The molecule has 0 bridgehead atoms. The SMILES string of the molecule is C[C@@H](c1ccc2cccc(Br)c2c1)C(C)(C)C. The maximum absolute atomic E-state index is 3.63. The molecule has 0 aromatic heterocycles. The lowest BCUT2D eigenvalue weighted by atomic mass is 9.77. The number of benzene rings is 2. The van der Waals surface area contributed by atoms with Gasteiger partial charge < -0.3 is 0 Å². The van der Waals surface area contributed by atoms with E-state index in [1.54, 1.807) is 0 Å². The van der Waals surface area contributed by atoms with Crippen molar-refractivity contribution in [3.05, 3.63) is 46.4 Å². The third-order valence-electron chi connectivity index (χ3n) is 3.65. The summed E-state index contributed by atoms with van der Waals surface area (Å²) in [6.07, 6.45) is 0. The van der Waals surface area contributed by atoms with Crippen molar-refractivity contribution in [2.45, 2.75) is 33.6 Å². The summed E-state index contributed by atoms with van der Waals surface area (Å²) in [4.78, 5) is 0. The van der Waals surface area contributed by atoms with Crippen molar-refractivity contribution in [3.8, 4) is 0 Å². The van der Waals surface area contributed by atoms with Gasteiger partial charge in [0.05, 0.1) is 0 Å². The Bertz CT molecular complexity index is 535. The molecule has 0 amide bonds. The summed E-state index contributed by atoms with van der Waals surface area (Å²) >= 11 is 3.63. The van der Waals surface area contributed by atoms with Gasteiger partial charge in [0.15, 0.2) is 0 Å². The Balaban J connectivity index is 2.55. The van der Waals surface area contributed by atoms with E-state index < -0.39 is 0 Å². The van der Waals surface area contributed by atoms with Crippen LogP contribution in [0.1, 0.15) is 39.2 Å². The Morgan fingerprint density at radius 2 is 1.76 bits per heavy atom. The molecule has 17 heavy (non-hydrogen) atoms. The number of rotatable bonds is 1. The summed E-state index contributed by atoms with van der Waals surface area (Å²) in [6, 6.07) is 13.1. The van der Waals surface area contributed by atoms with Gasteiger partial charge in [0.1, 0.15) is 0 Å². The summed E-state index contributed by atoms with van der Waals surface area (Å²) < 4.78 is 1.18. The molecular weight excluding hydrogens is 272 g/mol. The second kappa shape index (κ2) is 4.45. The Hall–Kier alpha value is -0.820. The smallest absolute Gasteiger partial charge is 0.0253 e. The monoisotopic (exact) mass is 290 g/mol. The number of halogens is 1. The van der Waals surface area contributed by atoms with E-state index >= 15 is 0 Å². The van der Waals surface area contributed by atoms with Crippen molar-refractivity contribution >= 4 is 26.7 Å². The summed E-state index contributed by atoms with van der Waals surface area (Å²) in [5, 5.41) is 2.60. The molecule has 90 valence electrons. The minimum Gasteiger partial charge on any atom is -0.0605 e. The Morgan fingerprint density at radius 3 is 2.41 bits per heavy atom. The molecule has 0 N–H and O–H groups in total. The molecule has 0 heterocycles. The second-order valence-electron chi connectivity index (χ2n) is 5.81. The predicted octanol–water partition coefficient (Wildman–Crippen LogP) is 5.75. The molecule has 0 saturated carbocycles. The van der Waals surface area contributed by atoms with Gasteiger partial charge in [0, 0.05) is 4.47 Å². The zero-order valence-electron chi connectivity index (χ0n) is 10.9. The largest absolute Gasteiger partial charge is 0.0605 e. The van der Waals surface area contributed by atoms with Gasteiger partial charge in [-0.2, -0.15) is 0 Å². The molecule has 0 radical (unpaired) electrons. The molecule has 2 rings (SSSR count). The molecule has 2 aromatic carbocycles. The quantitative estimate of drug-likeness (QED) is 0.627. The Morgan fingerprint density at radius 1 is 1.06 bits per heavy atom. The second-order valence-corrected chi connectivity index (χ2v) is 6.66. The number of fused-ring (bicyclic) bond motifs is 1. The van der Waals surface area contributed by atoms with Crippen LogP contribution in [-0.4, -0.2) is 0 Å². The van der Waals surface area contributed by atoms with Crippen molar-refractivity contribution in [2.24, 2.45) is 5.41 Å². The molecule has 0 spiro atoms. The van der Waals surface area contributed by atoms with E-state index in [4.69, 9.17) is 0 Å². The first-order chi connectivity index (χ1) is 7.89. The lowest BCUT2D eigenvalue weighted by Gasteiger charge is -2.28. The van der Waals surface area contributed by atoms with Gasteiger partial charge in [-0.1, -0.05) is 67.9 Å². The molecule has 2 aromatic rings. The van der Waals surface area contributed by atoms with Crippen LogP contribution >= 0.6 is 15.9 Å². The minimum atomic E-state index is 0.301. The highest BCUT2D eigenvalue weighted by Crippen LogP contribution is 2.36. The summed E-state index contributed by atoms with van der Waals surface area (Å²) in [5.74, 6) is 0.555. The maximum Gasteiger partial charge on any atom is 0.0253 e. The first kappa shape index (κ1) is 12.6. The number of hydrogen-bond acceptors (Lipinski definition) is 0. The summed E-state index contributed by atoms with van der Waals surface area (Å²) in [6.45, 7) is 9.18. The molecule has 0 aliphatic rings. The average molecular weight is 291 g/mol. The van der Waals surface area contributed by atoms with Crippen LogP contribution in [0.4, 0.5) is 0 Å². The van der Waals surface area contributed by atoms with Gasteiger partial charge in [-0.25, -0.2) is 0 Å². The lowest BCUT2D eigenvalue weighted by Crippen LogP contribution is -2.15. The first-order valence-corrected chi connectivity index (χ1v) is 6.87. The normalized spacial score (nSPS) is 13.9. The van der Waals surface area contributed by atoms with E-state index in [1.807, 2.05) is 0 Å². The maximum atomic E-state index is 3.63. The predicted molar refractivity (Wildman–Crippen MR) is 79.5 cm³/mol. The van der Waals surface area contributed by atoms with E-state index in [0.29, 0.717) is 11.3 Å². The summed E-state index contributed by atoms with van der Waals surface area (Å²) in [5.41, 5.74) is 1.71. The molecular formula is C16H19Br. The molecule has 0 nitrogen and oxygen atoms in total. The highest BCUT2D eigenvalue weighted by Gasteiger charge is 2.21. The van der Waals surface area contributed by atoms with Crippen molar-refractivity contribution in [1.29, 1.82) is 0 Å². The Labute approximate surface area is 112 Å². The van der Waals surface area contributed by atoms with Crippen molar-refractivity contribution < 1.29 is 0 Å². The fourth-order valence-electron chi connectivity index (χ4n) is 2.02. The summed E-state index contributed by atoms with van der Waals surface area (Å²) in [7, 11) is 0. The van der Waals surface area contributed by atoms with Gasteiger partial charge in [0.2, 0.25) is 0 Å². The molecule has 1 heteroatoms. The van der Waals surface area contributed by atoms with E-state index in [2.05, 4.69) is 80.0 Å². The molecule has 0 fully saturated rings. The molecule has 0 unspecified atom stereocenters. The van der Waals surface area contributed by atoms with Gasteiger partial charge in [-0.05, 0) is 39.8 Å². The average Bonchev–Trinajstić information content (AvgIpc) is 2.27. The highest BCUT2D eigenvalue weighted by atomic mass is 79.9. The fraction of sp³-hybridized carbons (Fsp3) is 0.375. The van der Waals surface area contributed by atoms with Gasteiger partial charge >= 0.3 is 0 Å². The standard InChI is InChI=1S/C16H19Br/c1-11(16(2,3)4)13-9-8-12-6-5-7-15(17)14(12)10-13/h5-11H,1-4H3/t11-/m0/s1.